The van der Waals surface area contributed by atoms with E-state index in [9.17, 15) is 0 Å². The van der Waals surface area contributed by atoms with Crippen LogP contribution in [0.25, 0.3) is 0 Å². The molecule has 0 rings (SSSR count). The van der Waals surface area contributed by atoms with Gasteiger partial charge in [-0.05, 0) is 14.1 Å². The highest BCUT2D eigenvalue weighted by atomic mass is 15.4. The van der Waals surface area contributed by atoms with Crippen LogP contribution >= 0.6 is 0 Å². The number of rotatable bonds is 3. The molecule has 0 N–H and O–H groups in total. The lowest BCUT2D eigenvalue weighted by molar-refractivity contribution is -0.907. The van der Waals surface area contributed by atoms with E-state index in [1.807, 2.05) is 0 Å². The second-order valence-electron chi connectivity index (χ2n) is 3.97. The van der Waals surface area contributed by atoms with E-state index in [1.54, 1.807) is 0 Å². The Balaban J connectivity index is 4.07. The molecule has 0 heterocycles. The molecule has 0 aromatic rings. The summed E-state index contributed by atoms with van der Waals surface area (Å²) < 4.78 is 1.02. The van der Waals surface area contributed by atoms with Gasteiger partial charge in [0.1, 0.15) is 6.17 Å². The molecule has 0 aliphatic heterocycles. The first kappa shape index (κ1) is 9.92. The lowest BCUT2D eigenvalue weighted by atomic mass is 10.3. The van der Waals surface area contributed by atoms with Crippen LogP contribution in [0.15, 0.2) is 0 Å². The predicted octanol–water partition coefficient (Wildman–Crippen LogP) is 0.990. The first-order valence-electron chi connectivity index (χ1n) is 3.87. The molecule has 0 saturated heterocycles. The SMILES string of the molecule is CCC(N(C)C)[N+](C)(C)C. The summed E-state index contributed by atoms with van der Waals surface area (Å²) in [6.45, 7) is 2.23. The van der Waals surface area contributed by atoms with Crippen LogP contribution in [-0.2, 0) is 0 Å². The van der Waals surface area contributed by atoms with E-state index in [0.29, 0.717) is 6.17 Å². The van der Waals surface area contributed by atoms with E-state index in [0.717, 1.165) is 4.48 Å². The van der Waals surface area contributed by atoms with Crippen LogP contribution in [0.3, 0.4) is 0 Å². The molecule has 1 atom stereocenters. The molecule has 10 heavy (non-hydrogen) atoms. The fourth-order valence-electron chi connectivity index (χ4n) is 1.61. The Hall–Kier alpha value is -0.0800. The van der Waals surface area contributed by atoms with Gasteiger partial charge in [-0.2, -0.15) is 0 Å². The van der Waals surface area contributed by atoms with E-state index < -0.39 is 0 Å². The minimum Gasteiger partial charge on any atom is -0.316 e. The second-order valence-corrected chi connectivity index (χ2v) is 3.97. The zero-order valence-corrected chi connectivity index (χ0v) is 8.18. The van der Waals surface area contributed by atoms with Gasteiger partial charge in [0.2, 0.25) is 0 Å². The molecule has 0 aromatic heterocycles. The third kappa shape index (κ3) is 2.67. The van der Waals surface area contributed by atoms with Gasteiger partial charge in [-0.1, -0.05) is 6.92 Å². The molecular weight excluding hydrogens is 124 g/mol. The van der Waals surface area contributed by atoms with Crippen molar-refractivity contribution >= 4 is 0 Å². The Morgan fingerprint density at radius 3 is 1.60 bits per heavy atom. The van der Waals surface area contributed by atoms with Gasteiger partial charge >= 0.3 is 0 Å². The summed E-state index contributed by atoms with van der Waals surface area (Å²) in [5, 5.41) is 0. The van der Waals surface area contributed by atoms with Crippen LogP contribution in [0.2, 0.25) is 0 Å². The highest BCUT2D eigenvalue weighted by Gasteiger charge is 2.22. The number of nitrogens with zero attached hydrogens (tertiary/aromatic N) is 2. The molecule has 0 aliphatic rings. The summed E-state index contributed by atoms with van der Waals surface area (Å²) in [6, 6.07) is 0. The van der Waals surface area contributed by atoms with Crippen molar-refractivity contribution in [2.24, 2.45) is 0 Å². The smallest absolute Gasteiger partial charge is 0.143 e. The van der Waals surface area contributed by atoms with E-state index in [2.05, 4.69) is 47.1 Å². The Kier molecular flexibility index (Phi) is 3.33. The molecule has 0 fully saturated rings. The number of hydrogen-bond acceptors (Lipinski definition) is 1. The quantitative estimate of drug-likeness (QED) is 0.423. The van der Waals surface area contributed by atoms with Crippen LogP contribution in [0.4, 0.5) is 0 Å². The molecule has 0 aromatic carbocycles. The second kappa shape index (κ2) is 3.35. The molecular formula is C8H21N2+. The van der Waals surface area contributed by atoms with Crippen LogP contribution in [0, 0.1) is 0 Å². The molecule has 1 unspecified atom stereocenters. The maximum absolute atomic E-state index is 2.28. The van der Waals surface area contributed by atoms with Gasteiger partial charge in [-0.25, -0.2) is 0 Å². The molecule has 0 spiro atoms. The fourth-order valence-corrected chi connectivity index (χ4v) is 1.61. The van der Waals surface area contributed by atoms with Gasteiger partial charge in [0.05, 0.1) is 21.1 Å². The van der Waals surface area contributed by atoms with Gasteiger partial charge in [0.15, 0.2) is 0 Å². The van der Waals surface area contributed by atoms with Crippen LogP contribution in [0.1, 0.15) is 13.3 Å². The molecule has 0 bridgehead atoms. The summed E-state index contributed by atoms with van der Waals surface area (Å²) in [6.07, 6.45) is 1.84. The van der Waals surface area contributed by atoms with Crippen molar-refractivity contribution in [3.63, 3.8) is 0 Å². The Morgan fingerprint density at radius 2 is 1.60 bits per heavy atom. The van der Waals surface area contributed by atoms with Crippen molar-refractivity contribution < 1.29 is 4.48 Å². The zero-order valence-electron chi connectivity index (χ0n) is 8.18. The van der Waals surface area contributed by atoms with Gasteiger partial charge in [0, 0.05) is 6.42 Å². The zero-order chi connectivity index (χ0) is 8.36. The molecule has 0 saturated carbocycles. The molecule has 0 aliphatic carbocycles. The average molecular weight is 145 g/mol. The Morgan fingerprint density at radius 1 is 1.20 bits per heavy atom. The van der Waals surface area contributed by atoms with Crippen molar-refractivity contribution in [2.75, 3.05) is 35.2 Å². The minimum atomic E-state index is 0.639. The van der Waals surface area contributed by atoms with E-state index in [-0.39, 0.29) is 0 Å². The fraction of sp³-hybridized carbons (Fsp3) is 1.00. The number of quaternary nitrogens is 1. The molecule has 0 amide bonds. The van der Waals surface area contributed by atoms with Gasteiger partial charge < -0.3 is 4.48 Å². The Labute approximate surface area is 65.0 Å². The van der Waals surface area contributed by atoms with Gasteiger partial charge in [-0.3, -0.25) is 4.90 Å². The molecule has 62 valence electrons. The summed E-state index contributed by atoms with van der Waals surface area (Å²) in [7, 11) is 11.0. The molecule has 2 nitrogen and oxygen atoms in total. The summed E-state index contributed by atoms with van der Waals surface area (Å²) in [4.78, 5) is 2.28. The van der Waals surface area contributed by atoms with Crippen molar-refractivity contribution in [3.05, 3.63) is 0 Å². The molecule has 0 radical (unpaired) electrons. The lowest BCUT2D eigenvalue weighted by Crippen LogP contribution is -2.52. The van der Waals surface area contributed by atoms with Crippen LogP contribution < -0.4 is 0 Å². The maximum Gasteiger partial charge on any atom is 0.143 e. The third-order valence-electron chi connectivity index (χ3n) is 1.86. The number of hydrogen-bond donors (Lipinski definition) is 0. The van der Waals surface area contributed by atoms with E-state index >= 15 is 0 Å². The van der Waals surface area contributed by atoms with Gasteiger partial charge in [0.25, 0.3) is 0 Å². The van der Waals surface area contributed by atoms with Crippen molar-refractivity contribution in [1.29, 1.82) is 0 Å². The van der Waals surface area contributed by atoms with Crippen molar-refractivity contribution in [1.82, 2.24) is 4.90 Å². The monoisotopic (exact) mass is 145 g/mol. The molecule has 2 heteroatoms. The largest absolute Gasteiger partial charge is 0.316 e. The maximum atomic E-state index is 2.28. The van der Waals surface area contributed by atoms with E-state index in [4.69, 9.17) is 0 Å². The van der Waals surface area contributed by atoms with Crippen LogP contribution in [0.5, 0.6) is 0 Å². The highest BCUT2D eigenvalue weighted by molar-refractivity contribution is 4.49. The average Bonchev–Trinajstić information content (AvgIpc) is 1.60. The van der Waals surface area contributed by atoms with Gasteiger partial charge in [-0.15, -0.1) is 0 Å². The third-order valence-corrected chi connectivity index (χ3v) is 1.86. The topological polar surface area (TPSA) is 3.24 Å². The Bertz CT molecular complexity index is 91.9. The summed E-state index contributed by atoms with van der Waals surface area (Å²) in [5.41, 5.74) is 0. The van der Waals surface area contributed by atoms with E-state index in [1.165, 1.54) is 6.42 Å². The summed E-state index contributed by atoms with van der Waals surface area (Å²) >= 11 is 0. The minimum absolute atomic E-state index is 0.639. The normalized spacial score (nSPS) is 15.9. The predicted molar refractivity (Wildman–Crippen MR) is 45.8 cm³/mol. The first-order valence-corrected chi connectivity index (χ1v) is 3.87. The van der Waals surface area contributed by atoms with Crippen LogP contribution in [-0.4, -0.2) is 50.8 Å². The van der Waals surface area contributed by atoms with Crippen molar-refractivity contribution in [3.8, 4) is 0 Å². The van der Waals surface area contributed by atoms with Crippen molar-refractivity contribution in [2.45, 2.75) is 19.5 Å². The summed E-state index contributed by atoms with van der Waals surface area (Å²) in [5.74, 6) is 0. The highest BCUT2D eigenvalue weighted by Crippen LogP contribution is 2.08. The lowest BCUT2D eigenvalue weighted by Gasteiger charge is -2.37. The standard InChI is InChI=1S/C8H21N2/c1-7-8(9(2)3)10(4,5)6/h8H,7H2,1-6H3/q+1. The first-order chi connectivity index (χ1) is 4.39.